The summed E-state index contributed by atoms with van der Waals surface area (Å²) in [6.45, 7) is 0.718. The van der Waals surface area contributed by atoms with Gasteiger partial charge in [-0.1, -0.05) is 30.3 Å². The molecule has 0 radical (unpaired) electrons. The third kappa shape index (κ3) is 3.84. The first kappa shape index (κ1) is 13.1. The van der Waals surface area contributed by atoms with Crippen LogP contribution in [0.25, 0.3) is 0 Å². The highest BCUT2D eigenvalue weighted by Crippen LogP contribution is 2.32. The summed E-state index contributed by atoms with van der Waals surface area (Å²) in [6.07, 6.45) is 5.30. The molecule has 0 aliphatic heterocycles. The molecule has 1 aliphatic carbocycles. The van der Waals surface area contributed by atoms with Crippen molar-refractivity contribution in [1.82, 2.24) is 5.32 Å². The number of benzene rings is 1. The molecule has 3 heteroatoms. The predicted molar refractivity (Wildman–Crippen MR) is 73.3 cm³/mol. The number of amides is 1. The Balaban J connectivity index is 1.73. The first-order chi connectivity index (χ1) is 8.75. The Morgan fingerprint density at radius 1 is 1.17 bits per heavy atom. The summed E-state index contributed by atoms with van der Waals surface area (Å²) in [6, 6.07) is 11.3. The smallest absolute Gasteiger partial charge is 0.218 e. The first-order valence-electron chi connectivity index (χ1n) is 6.82. The van der Waals surface area contributed by atoms with Crippen molar-refractivity contribution < 1.29 is 4.79 Å². The topological polar surface area (TPSA) is 55.1 Å². The summed E-state index contributed by atoms with van der Waals surface area (Å²) >= 11 is 0. The minimum absolute atomic E-state index is 0.222. The molecule has 0 bridgehead atoms. The molecular weight excluding hydrogens is 224 g/mol. The maximum atomic E-state index is 10.7. The van der Waals surface area contributed by atoms with Crippen LogP contribution in [0.15, 0.2) is 30.3 Å². The molecule has 1 aromatic rings. The van der Waals surface area contributed by atoms with E-state index in [9.17, 15) is 4.79 Å². The SMILES string of the molecule is NC(=O)CCNC1CCC(c2ccccc2)CC1. The average Bonchev–Trinajstić information content (AvgIpc) is 2.40. The van der Waals surface area contributed by atoms with Gasteiger partial charge >= 0.3 is 0 Å². The van der Waals surface area contributed by atoms with Gasteiger partial charge in [0.15, 0.2) is 0 Å². The van der Waals surface area contributed by atoms with Crippen LogP contribution in [-0.2, 0) is 4.79 Å². The van der Waals surface area contributed by atoms with E-state index in [2.05, 4.69) is 35.6 Å². The highest BCUT2D eigenvalue weighted by Gasteiger charge is 2.21. The van der Waals surface area contributed by atoms with Crippen molar-refractivity contribution in [2.24, 2.45) is 5.73 Å². The molecule has 0 aromatic heterocycles. The Labute approximate surface area is 109 Å². The number of hydrogen-bond acceptors (Lipinski definition) is 2. The Bertz CT molecular complexity index is 369. The lowest BCUT2D eigenvalue weighted by Gasteiger charge is -2.29. The van der Waals surface area contributed by atoms with Crippen molar-refractivity contribution in [3.05, 3.63) is 35.9 Å². The Morgan fingerprint density at radius 2 is 1.83 bits per heavy atom. The zero-order valence-corrected chi connectivity index (χ0v) is 10.8. The largest absolute Gasteiger partial charge is 0.370 e. The van der Waals surface area contributed by atoms with Crippen molar-refractivity contribution in [2.75, 3.05) is 6.54 Å². The molecule has 1 saturated carbocycles. The number of nitrogens with two attached hydrogens (primary N) is 1. The lowest BCUT2D eigenvalue weighted by atomic mass is 9.82. The van der Waals surface area contributed by atoms with Crippen LogP contribution < -0.4 is 11.1 Å². The Kier molecular flexibility index (Phi) is 4.76. The van der Waals surface area contributed by atoms with Crippen LogP contribution in [0.2, 0.25) is 0 Å². The summed E-state index contributed by atoms with van der Waals surface area (Å²) in [5.41, 5.74) is 6.59. The molecule has 0 atom stereocenters. The molecule has 0 spiro atoms. The van der Waals surface area contributed by atoms with Crippen molar-refractivity contribution >= 4 is 5.91 Å². The molecule has 0 saturated heterocycles. The number of rotatable bonds is 5. The number of carbonyl (C=O) groups is 1. The predicted octanol–water partition coefficient (Wildman–Crippen LogP) is 2.18. The highest BCUT2D eigenvalue weighted by atomic mass is 16.1. The third-order valence-electron chi connectivity index (χ3n) is 3.80. The third-order valence-corrected chi connectivity index (χ3v) is 3.80. The molecule has 1 fully saturated rings. The molecule has 98 valence electrons. The van der Waals surface area contributed by atoms with E-state index < -0.39 is 0 Å². The van der Waals surface area contributed by atoms with Crippen LogP contribution in [0.1, 0.15) is 43.6 Å². The van der Waals surface area contributed by atoms with Crippen LogP contribution in [0, 0.1) is 0 Å². The van der Waals surface area contributed by atoms with Crippen LogP contribution in [0.5, 0.6) is 0 Å². The molecular formula is C15H22N2O. The van der Waals surface area contributed by atoms with Gasteiger partial charge in [-0.2, -0.15) is 0 Å². The van der Waals surface area contributed by atoms with Crippen molar-refractivity contribution in [3.63, 3.8) is 0 Å². The number of nitrogens with one attached hydrogen (secondary N) is 1. The Hall–Kier alpha value is -1.35. The lowest BCUT2D eigenvalue weighted by molar-refractivity contribution is -0.117. The van der Waals surface area contributed by atoms with E-state index in [1.807, 2.05) is 0 Å². The quantitative estimate of drug-likeness (QED) is 0.836. The molecule has 0 unspecified atom stereocenters. The van der Waals surface area contributed by atoms with Gasteiger partial charge in [0.2, 0.25) is 5.91 Å². The second-order valence-corrected chi connectivity index (χ2v) is 5.13. The van der Waals surface area contributed by atoms with Crippen molar-refractivity contribution in [3.8, 4) is 0 Å². The van der Waals surface area contributed by atoms with Gasteiger partial charge < -0.3 is 11.1 Å². The summed E-state index contributed by atoms with van der Waals surface area (Å²) in [7, 11) is 0. The Morgan fingerprint density at radius 3 is 2.44 bits per heavy atom. The monoisotopic (exact) mass is 246 g/mol. The van der Waals surface area contributed by atoms with E-state index in [-0.39, 0.29) is 5.91 Å². The molecule has 0 heterocycles. The van der Waals surface area contributed by atoms with E-state index in [4.69, 9.17) is 5.73 Å². The fourth-order valence-electron chi connectivity index (χ4n) is 2.76. The van der Waals surface area contributed by atoms with E-state index in [0.717, 1.165) is 6.54 Å². The molecule has 1 aliphatic rings. The van der Waals surface area contributed by atoms with E-state index in [1.54, 1.807) is 0 Å². The molecule has 1 aromatic carbocycles. The second-order valence-electron chi connectivity index (χ2n) is 5.13. The van der Waals surface area contributed by atoms with E-state index >= 15 is 0 Å². The molecule has 3 nitrogen and oxygen atoms in total. The van der Waals surface area contributed by atoms with E-state index in [1.165, 1.54) is 31.2 Å². The van der Waals surface area contributed by atoms with Crippen molar-refractivity contribution in [1.29, 1.82) is 0 Å². The molecule has 1 amide bonds. The van der Waals surface area contributed by atoms with Gasteiger partial charge in [0.1, 0.15) is 0 Å². The summed E-state index contributed by atoms with van der Waals surface area (Å²) in [4.78, 5) is 10.7. The van der Waals surface area contributed by atoms with Crippen LogP contribution in [0.4, 0.5) is 0 Å². The average molecular weight is 246 g/mol. The van der Waals surface area contributed by atoms with Gasteiger partial charge in [0, 0.05) is 19.0 Å². The van der Waals surface area contributed by atoms with Gasteiger partial charge in [-0.15, -0.1) is 0 Å². The standard InChI is InChI=1S/C15H22N2O/c16-15(18)10-11-17-14-8-6-13(7-9-14)12-4-2-1-3-5-12/h1-5,13-14,17H,6-11H2,(H2,16,18). The van der Waals surface area contributed by atoms with Crippen LogP contribution in [0.3, 0.4) is 0 Å². The minimum atomic E-state index is -0.222. The van der Waals surface area contributed by atoms with Crippen LogP contribution in [-0.4, -0.2) is 18.5 Å². The van der Waals surface area contributed by atoms with Gasteiger partial charge in [-0.3, -0.25) is 4.79 Å². The van der Waals surface area contributed by atoms with Crippen LogP contribution >= 0.6 is 0 Å². The zero-order valence-electron chi connectivity index (χ0n) is 10.8. The van der Waals surface area contributed by atoms with Gasteiger partial charge in [0.05, 0.1) is 0 Å². The molecule has 18 heavy (non-hydrogen) atoms. The first-order valence-corrected chi connectivity index (χ1v) is 6.82. The lowest BCUT2D eigenvalue weighted by Crippen LogP contribution is -2.34. The fraction of sp³-hybridized carbons (Fsp3) is 0.533. The maximum Gasteiger partial charge on any atom is 0.218 e. The maximum absolute atomic E-state index is 10.7. The zero-order chi connectivity index (χ0) is 12.8. The highest BCUT2D eigenvalue weighted by molar-refractivity contribution is 5.73. The summed E-state index contributed by atoms with van der Waals surface area (Å²) in [5, 5.41) is 3.42. The van der Waals surface area contributed by atoms with E-state index in [0.29, 0.717) is 18.4 Å². The number of primary amides is 1. The normalized spacial score (nSPS) is 23.8. The second kappa shape index (κ2) is 6.55. The summed E-state index contributed by atoms with van der Waals surface area (Å²) < 4.78 is 0. The number of carbonyl (C=O) groups excluding carboxylic acids is 1. The minimum Gasteiger partial charge on any atom is -0.370 e. The van der Waals surface area contributed by atoms with Gasteiger partial charge in [-0.05, 0) is 37.2 Å². The molecule has 3 N–H and O–H groups in total. The van der Waals surface area contributed by atoms with Gasteiger partial charge in [-0.25, -0.2) is 0 Å². The van der Waals surface area contributed by atoms with Crippen molar-refractivity contribution in [2.45, 2.75) is 44.1 Å². The fourth-order valence-corrected chi connectivity index (χ4v) is 2.76. The number of hydrogen-bond donors (Lipinski definition) is 2. The summed E-state index contributed by atoms with van der Waals surface area (Å²) in [5.74, 6) is 0.487. The molecule has 2 rings (SSSR count). The van der Waals surface area contributed by atoms with Gasteiger partial charge in [0.25, 0.3) is 0 Å².